The molecule has 0 radical (unpaired) electrons. The SMILES string of the molecule is Cc1cc(-c2ccc(NC(=O)C(C)c3cc(Cl)cc(-c4ccc(C#N)cc4)c3)cc2)ccn1. The van der Waals surface area contributed by atoms with E-state index in [2.05, 4.69) is 16.4 Å². The van der Waals surface area contributed by atoms with Crippen molar-refractivity contribution >= 4 is 23.2 Å². The molecule has 0 saturated carbocycles. The molecule has 162 valence electrons. The molecule has 1 heterocycles. The van der Waals surface area contributed by atoms with E-state index in [0.717, 1.165) is 39.2 Å². The van der Waals surface area contributed by atoms with Crippen LogP contribution in [0.15, 0.2) is 85.1 Å². The number of hydrogen-bond donors (Lipinski definition) is 1. The summed E-state index contributed by atoms with van der Waals surface area (Å²) >= 11 is 6.37. The number of nitriles is 1. The highest BCUT2D eigenvalue weighted by atomic mass is 35.5. The van der Waals surface area contributed by atoms with E-state index in [4.69, 9.17) is 16.9 Å². The van der Waals surface area contributed by atoms with Gasteiger partial charge in [0.05, 0.1) is 17.6 Å². The Morgan fingerprint density at radius 1 is 0.909 bits per heavy atom. The van der Waals surface area contributed by atoms with E-state index < -0.39 is 5.92 Å². The number of pyridine rings is 1. The molecule has 4 aromatic rings. The van der Waals surface area contributed by atoms with Crippen molar-refractivity contribution in [3.8, 4) is 28.3 Å². The fraction of sp³-hybridized carbons (Fsp3) is 0.107. The van der Waals surface area contributed by atoms with Crippen molar-refractivity contribution in [2.24, 2.45) is 0 Å². The van der Waals surface area contributed by atoms with Crippen LogP contribution in [0.2, 0.25) is 5.02 Å². The van der Waals surface area contributed by atoms with Gasteiger partial charge in [-0.05, 0) is 90.2 Å². The number of anilines is 1. The molecule has 0 bridgehead atoms. The van der Waals surface area contributed by atoms with E-state index in [1.807, 2.05) is 80.6 Å². The Kier molecular flexibility index (Phi) is 6.53. The summed E-state index contributed by atoms with van der Waals surface area (Å²) in [6.07, 6.45) is 1.79. The maximum Gasteiger partial charge on any atom is 0.231 e. The molecule has 0 fully saturated rings. The number of halogens is 1. The Hall–Kier alpha value is -3.94. The Balaban J connectivity index is 1.51. The number of aryl methyl sites for hydroxylation is 1. The third-order valence-corrected chi connectivity index (χ3v) is 5.76. The van der Waals surface area contributed by atoms with Crippen LogP contribution in [0.4, 0.5) is 5.69 Å². The minimum absolute atomic E-state index is 0.115. The van der Waals surface area contributed by atoms with Crippen LogP contribution >= 0.6 is 11.6 Å². The lowest BCUT2D eigenvalue weighted by Gasteiger charge is -2.15. The van der Waals surface area contributed by atoms with Crippen LogP contribution < -0.4 is 5.32 Å². The molecular formula is C28H22ClN3O. The fourth-order valence-corrected chi connectivity index (χ4v) is 3.88. The van der Waals surface area contributed by atoms with Crippen molar-refractivity contribution in [2.45, 2.75) is 19.8 Å². The molecule has 1 aromatic heterocycles. The molecule has 0 aliphatic heterocycles. The summed E-state index contributed by atoms with van der Waals surface area (Å²) in [5.41, 5.74) is 7.10. The summed E-state index contributed by atoms with van der Waals surface area (Å²) < 4.78 is 0. The first kappa shape index (κ1) is 22.3. The zero-order chi connectivity index (χ0) is 23.4. The normalized spacial score (nSPS) is 11.5. The molecule has 0 aliphatic carbocycles. The van der Waals surface area contributed by atoms with Crippen molar-refractivity contribution in [3.63, 3.8) is 0 Å². The van der Waals surface area contributed by atoms with Crippen molar-refractivity contribution in [3.05, 3.63) is 107 Å². The maximum absolute atomic E-state index is 13.0. The largest absolute Gasteiger partial charge is 0.326 e. The molecule has 1 amide bonds. The highest BCUT2D eigenvalue weighted by Crippen LogP contribution is 2.30. The summed E-state index contributed by atoms with van der Waals surface area (Å²) in [7, 11) is 0. The third-order valence-electron chi connectivity index (χ3n) is 5.54. The zero-order valence-electron chi connectivity index (χ0n) is 18.3. The van der Waals surface area contributed by atoms with Crippen LogP contribution in [-0.2, 0) is 4.79 Å². The van der Waals surface area contributed by atoms with Crippen LogP contribution in [0, 0.1) is 18.3 Å². The summed E-state index contributed by atoms with van der Waals surface area (Å²) in [4.78, 5) is 17.2. The van der Waals surface area contributed by atoms with Gasteiger partial charge in [-0.3, -0.25) is 9.78 Å². The Bertz CT molecular complexity index is 1340. The van der Waals surface area contributed by atoms with Gasteiger partial charge in [-0.1, -0.05) is 41.9 Å². The van der Waals surface area contributed by atoms with Crippen molar-refractivity contribution in [1.82, 2.24) is 4.98 Å². The standard InChI is InChI=1S/C28H22ClN3O/c1-18-13-23(11-12-31-18)21-7-9-27(10-8-21)32-28(33)19(2)24-14-25(16-26(29)15-24)22-5-3-20(17-30)4-6-22/h3-16,19H,1-2H3,(H,32,33). The van der Waals surface area contributed by atoms with Gasteiger partial charge in [0.15, 0.2) is 0 Å². The van der Waals surface area contributed by atoms with E-state index in [-0.39, 0.29) is 5.91 Å². The first-order chi connectivity index (χ1) is 15.9. The summed E-state index contributed by atoms with van der Waals surface area (Å²) in [6.45, 7) is 3.82. The Morgan fingerprint density at radius 2 is 1.58 bits per heavy atom. The topological polar surface area (TPSA) is 65.8 Å². The second kappa shape index (κ2) is 9.68. The molecular weight excluding hydrogens is 430 g/mol. The number of benzene rings is 3. The van der Waals surface area contributed by atoms with Crippen LogP contribution in [-0.4, -0.2) is 10.9 Å². The zero-order valence-corrected chi connectivity index (χ0v) is 19.1. The smallest absolute Gasteiger partial charge is 0.231 e. The molecule has 1 atom stereocenters. The van der Waals surface area contributed by atoms with E-state index in [1.165, 1.54) is 0 Å². The van der Waals surface area contributed by atoms with Crippen molar-refractivity contribution < 1.29 is 4.79 Å². The lowest BCUT2D eigenvalue weighted by atomic mass is 9.95. The fourth-order valence-electron chi connectivity index (χ4n) is 3.64. The van der Waals surface area contributed by atoms with Gasteiger partial charge in [-0.15, -0.1) is 0 Å². The minimum atomic E-state index is -0.400. The van der Waals surface area contributed by atoms with Gasteiger partial charge >= 0.3 is 0 Å². The molecule has 0 saturated heterocycles. The molecule has 3 aromatic carbocycles. The monoisotopic (exact) mass is 451 g/mol. The minimum Gasteiger partial charge on any atom is -0.326 e. The van der Waals surface area contributed by atoms with Crippen LogP contribution in [0.1, 0.15) is 29.7 Å². The number of carbonyl (C=O) groups excluding carboxylic acids is 1. The molecule has 1 N–H and O–H groups in total. The first-order valence-corrected chi connectivity index (χ1v) is 11.0. The lowest BCUT2D eigenvalue weighted by Crippen LogP contribution is -2.18. The Labute approximate surface area is 198 Å². The highest BCUT2D eigenvalue weighted by Gasteiger charge is 2.17. The average molecular weight is 452 g/mol. The van der Waals surface area contributed by atoms with E-state index in [1.54, 1.807) is 18.3 Å². The summed E-state index contributed by atoms with van der Waals surface area (Å²) in [5, 5.41) is 12.6. The molecule has 0 spiro atoms. The van der Waals surface area contributed by atoms with Gasteiger partial charge in [-0.2, -0.15) is 5.26 Å². The van der Waals surface area contributed by atoms with Crippen molar-refractivity contribution in [1.29, 1.82) is 5.26 Å². The van der Waals surface area contributed by atoms with E-state index in [0.29, 0.717) is 10.6 Å². The van der Waals surface area contributed by atoms with Gasteiger partial charge in [0, 0.05) is 22.6 Å². The summed E-state index contributed by atoms with van der Waals surface area (Å²) in [5.74, 6) is -0.515. The maximum atomic E-state index is 13.0. The number of rotatable bonds is 5. The first-order valence-electron chi connectivity index (χ1n) is 10.6. The molecule has 4 rings (SSSR count). The van der Waals surface area contributed by atoms with Gasteiger partial charge < -0.3 is 5.32 Å². The van der Waals surface area contributed by atoms with E-state index >= 15 is 0 Å². The average Bonchev–Trinajstić information content (AvgIpc) is 2.83. The number of nitrogens with zero attached hydrogens (tertiary/aromatic N) is 2. The second-order valence-corrected chi connectivity index (χ2v) is 8.37. The van der Waals surface area contributed by atoms with E-state index in [9.17, 15) is 4.79 Å². The highest BCUT2D eigenvalue weighted by molar-refractivity contribution is 6.31. The number of nitrogens with one attached hydrogen (secondary N) is 1. The lowest BCUT2D eigenvalue weighted by molar-refractivity contribution is -0.117. The van der Waals surface area contributed by atoms with Gasteiger partial charge in [0.1, 0.15) is 0 Å². The Morgan fingerprint density at radius 3 is 2.24 bits per heavy atom. The molecule has 33 heavy (non-hydrogen) atoms. The number of amides is 1. The van der Waals surface area contributed by atoms with Gasteiger partial charge in [0.25, 0.3) is 0 Å². The summed E-state index contributed by atoms with van der Waals surface area (Å²) in [6, 6.07) is 26.8. The predicted molar refractivity (Wildman–Crippen MR) is 133 cm³/mol. The second-order valence-electron chi connectivity index (χ2n) is 7.94. The molecule has 1 unspecified atom stereocenters. The molecule has 5 heteroatoms. The molecule has 0 aliphatic rings. The third kappa shape index (κ3) is 5.28. The predicted octanol–water partition coefficient (Wildman–Crippen LogP) is 6.99. The van der Waals surface area contributed by atoms with Crippen molar-refractivity contribution in [2.75, 3.05) is 5.32 Å². The molecule has 4 nitrogen and oxygen atoms in total. The quantitative estimate of drug-likeness (QED) is 0.355. The van der Waals surface area contributed by atoms with Crippen LogP contribution in [0.5, 0.6) is 0 Å². The van der Waals surface area contributed by atoms with Crippen LogP contribution in [0.25, 0.3) is 22.3 Å². The van der Waals surface area contributed by atoms with Crippen LogP contribution in [0.3, 0.4) is 0 Å². The number of carbonyl (C=O) groups is 1. The number of aromatic nitrogens is 1. The number of hydrogen-bond acceptors (Lipinski definition) is 3. The van der Waals surface area contributed by atoms with Gasteiger partial charge in [0.2, 0.25) is 5.91 Å². The van der Waals surface area contributed by atoms with Gasteiger partial charge in [-0.25, -0.2) is 0 Å².